The second-order valence-electron chi connectivity index (χ2n) is 22.8. The number of hydrogen-bond acceptors (Lipinski definition) is 10. The van der Waals surface area contributed by atoms with Crippen molar-refractivity contribution < 1.29 is 46.6 Å². The molecule has 0 radical (unpaired) electrons. The van der Waals surface area contributed by atoms with Crippen LogP contribution in [0, 0.1) is 23.2 Å². The summed E-state index contributed by atoms with van der Waals surface area (Å²) in [5.41, 5.74) is 4.84. The van der Waals surface area contributed by atoms with E-state index in [-0.39, 0.29) is 72.5 Å². The zero-order valence-electron chi connectivity index (χ0n) is 46.2. The lowest BCUT2D eigenvalue weighted by atomic mass is 9.73. The van der Waals surface area contributed by atoms with E-state index in [0.29, 0.717) is 94.6 Å². The first-order valence-corrected chi connectivity index (χ1v) is 29.4. The molecular weight excluding hydrogens is 1090 g/mol. The number of carbonyl (C=O) groups is 5. The smallest absolute Gasteiger partial charge is 0.377 e. The molecule has 1 saturated heterocycles. The summed E-state index contributed by atoms with van der Waals surface area (Å²) in [6, 6.07) is 19.0. The third-order valence-corrected chi connectivity index (χ3v) is 18.3. The normalized spacial score (nSPS) is 23.8. The van der Waals surface area contributed by atoms with Gasteiger partial charge in [-0.15, -0.1) is 0 Å². The molecule has 5 atom stereocenters. The zero-order valence-corrected chi connectivity index (χ0v) is 47.8. The minimum Gasteiger partial charge on any atom is -0.377 e. The van der Waals surface area contributed by atoms with E-state index in [2.05, 4.69) is 78.8 Å². The summed E-state index contributed by atoms with van der Waals surface area (Å²) in [5.74, 6) is -0.587. The topological polar surface area (TPSA) is 175 Å². The van der Waals surface area contributed by atoms with Crippen molar-refractivity contribution in [3.8, 4) is 0 Å². The highest BCUT2D eigenvalue weighted by atomic mass is 79.9. The molecule has 4 aromatic rings. The van der Waals surface area contributed by atoms with Crippen molar-refractivity contribution in [3.63, 3.8) is 0 Å². The number of alkyl halides is 3. The SMILES string of the molecule is CC(C)[C@]1(C(=O)N2CCc3ncc(C(F)(F)F)cc3C2)CC[C@@H](N(CCCNC(=O)C2CCC(c3ccc(C(=O)NCCOCCOCCNC(=O)[C@H]4CC(=O)N(C)[C@@H]4c4cccnc4)cc3)CC2)[C@@H]2CCc3cc(Br)ccc32)C1. The molecule has 80 heavy (non-hydrogen) atoms. The Morgan fingerprint density at radius 1 is 0.838 bits per heavy atom. The van der Waals surface area contributed by atoms with Crippen LogP contribution in [0.1, 0.15) is 145 Å². The number of pyridine rings is 2. The van der Waals surface area contributed by atoms with E-state index in [0.717, 1.165) is 85.8 Å². The van der Waals surface area contributed by atoms with Crippen molar-refractivity contribution in [1.82, 2.24) is 40.6 Å². The van der Waals surface area contributed by atoms with Crippen molar-refractivity contribution in [2.24, 2.45) is 23.2 Å². The number of aryl methyl sites for hydroxylation is 1. The maximum absolute atomic E-state index is 14.7. The van der Waals surface area contributed by atoms with Crippen LogP contribution in [0.3, 0.4) is 0 Å². The van der Waals surface area contributed by atoms with Gasteiger partial charge in [-0.3, -0.25) is 38.8 Å². The van der Waals surface area contributed by atoms with Crippen molar-refractivity contribution in [2.45, 2.75) is 128 Å². The van der Waals surface area contributed by atoms with Crippen LogP contribution in [0.15, 0.2) is 83.7 Å². The van der Waals surface area contributed by atoms with E-state index in [4.69, 9.17) is 9.47 Å². The molecule has 2 aromatic heterocycles. The largest absolute Gasteiger partial charge is 0.417 e. The Morgan fingerprint density at radius 2 is 1.57 bits per heavy atom. The fourth-order valence-corrected chi connectivity index (χ4v) is 13.6. The molecule has 5 amide bonds. The molecule has 2 saturated carbocycles. The van der Waals surface area contributed by atoms with Gasteiger partial charge in [0.2, 0.25) is 23.6 Å². The monoisotopic (exact) mass is 1170 g/mol. The summed E-state index contributed by atoms with van der Waals surface area (Å²) in [6.07, 6.45) is 8.53. The molecule has 2 aliphatic heterocycles. The molecule has 19 heteroatoms. The van der Waals surface area contributed by atoms with E-state index in [1.165, 1.54) is 11.1 Å². The molecule has 3 aliphatic carbocycles. The molecule has 430 valence electrons. The quantitative estimate of drug-likeness (QED) is 0.0645. The number of ether oxygens (including phenoxy) is 2. The summed E-state index contributed by atoms with van der Waals surface area (Å²) in [6.45, 7) is 7.96. The van der Waals surface area contributed by atoms with Gasteiger partial charge in [0.15, 0.2) is 0 Å². The van der Waals surface area contributed by atoms with Gasteiger partial charge in [0.1, 0.15) is 0 Å². The highest BCUT2D eigenvalue weighted by molar-refractivity contribution is 9.10. The molecule has 0 unspecified atom stereocenters. The van der Waals surface area contributed by atoms with Gasteiger partial charge in [-0.2, -0.15) is 13.2 Å². The number of fused-ring (bicyclic) bond motifs is 2. The maximum Gasteiger partial charge on any atom is 0.417 e. The summed E-state index contributed by atoms with van der Waals surface area (Å²) in [7, 11) is 1.71. The molecule has 0 spiro atoms. The Balaban J connectivity index is 0.679. The fraction of sp³-hybridized carbons (Fsp3) is 0.557. The number of amides is 5. The van der Waals surface area contributed by atoms with Crippen molar-refractivity contribution in [3.05, 3.63) is 128 Å². The molecule has 4 heterocycles. The van der Waals surface area contributed by atoms with Gasteiger partial charge in [0.25, 0.3) is 5.91 Å². The molecular formula is C61H76BrF3N8O7. The number of aromatic nitrogens is 2. The summed E-state index contributed by atoms with van der Waals surface area (Å²) < 4.78 is 53.3. The molecule has 15 nitrogen and oxygen atoms in total. The van der Waals surface area contributed by atoms with Gasteiger partial charge < -0.3 is 35.2 Å². The lowest BCUT2D eigenvalue weighted by Crippen LogP contribution is -2.48. The number of nitrogens with one attached hydrogen (secondary N) is 3. The summed E-state index contributed by atoms with van der Waals surface area (Å²) in [5, 5.41) is 9.06. The van der Waals surface area contributed by atoms with E-state index >= 15 is 0 Å². The minimum atomic E-state index is -4.51. The Kier molecular flexibility index (Phi) is 19.5. The third-order valence-electron chi connectivity index (χ3n) is 17.8. The number of benzene rings is 2. The summed E-state index contributed by atoms with van der Waals surface area (Å²) in [4.78, 5) is 80.9. The van der Waals surface area contributed by atoms with Gasteiger partial charge in [0.05, 0.1) is 49.4 Å². The molecule has 2 aromatic carbocycles. The Morgan fingerprint density at radius 3 is 2.29 bits per heavy atom. The van der Waals surface area contributed by atoms with Crippen molar-refractivity contribution in [1.29, 1.82) is 0 Å². The molecule has 5 aliphatic rings. The van der Waals surface area contributed by atoms with Crippen LogP contribution in [0.2, 0.25) is 0 Å². The number of likely N-dealkylation sites (tertiary alicyclic amines) is 1. The molecule has 3 fully saturated rings. The number of halogens is 4. The summed E-state index contributed by atoms with van der Waals surface area (Å²) >= 11 is 3.66. The predicted octanol–water partition coefficient (Wildman–Crippen LogP) is 8.91. The van der Waals surface area contributed by atoms with Gasteiger partial charge >= 0.3 is 6.18 Å². The first-order chi connectivity index (χ1) is 38.5. The number of nitrogens with zero attached hydrogens (tertiary/aromatic N) is 5. The average Bonchev–Trinajstić information content (AvgIpc) is 4.30. The van der Waals surface area contributed by atoms with Crippen molar-refractivity contribution in [2.75, 3.05) is 66.2 Å². The first kappa shape index (κ1) is 58.9. The molecule has 0 bridgehead atoms. The van der Waals surface area contributed by atoms with Crippen LogP contribution in [0.25, 0.3) is 0 Å². The van der Waals surface area contributed by atoms with Gasteiger partial charge in [-0.1, -0.05) is 54.0 Å². The van der Waals surface area contributed by atoms with Crippen LogP contribution >= 0.6 is 15.9 Å². The predicted molar refractivity (Wildman–Crippen MR) is 299 cm³/mol. The van der Waals surface area contributed by atoms with Crippen LogP contribution in [0.5, 0.6) is 0 Å². The van der Waals surface area contributed by atoms with Crippen molar-refractivity contribution >= 4 is 45.5 Å². The Bertz CT molecular complexity index is 2820. The molecule has 9 rings (SSSR count). The zero-order chi connectivity index (χ0) is 56.6. The van der Waals surface area contributed by atoms with Crippen LogP contribution in [-0.2, 0) is 54.2 Å². The standard InChI is InChI=1S/C61H76BrF3N8O7/c1-39(2)60(59(78)72-27-20-52-46(38-72)32-47(37-70-52)61(63,64)65)21-19-49(35-60)73(53-18-15-44-33-48(62)16-17-50(44)53)26-5-23-67-56(75)42-11-7-40(8-12-42)41-9-13-43(14-10-41)57(76)68-24-28-79-30-31-80-29-25-69-58(77)51-34-54(74)71(3)55(51)45-6-4-22-66-36-45/h4,6,9-10,13-14,16-17,22,32-33,36-37,39-40,42,49,51,53,55H,5,7-8,11-12,15,18-21,23-31,34-35,38H2,1-3H3,(H,67,75)(H,68,76)(H,69,77)/t40?,42?,49-,51+,53-,55-,60+/m1/s1. The minimum absolute atomic E-state index is 0.0264. The van der Waals surface area contributed by atoms with E-state index in [1.807, 2.05) is 30.3 Å². The van der Waals surface area contributed by atoms with Crippen LogP contribution < -0.4 is 16.0 Å². The van der Waals surface area contributed by atoms with Gasteiger partial charge in [-0.25, -0.2) is 0 Å². The highest BCUT2D eigenvalue weighted by Gasteiger charge is 2.52. The third kappa shape index (κ3) is 13.8. The average molecular weight is 1170 g/mol. The maximum atomic E-state index is 14.7. The number of carbonyl (C=O) groups excluding carboxylic acids is 5. The van der Waals surface area contributed by atoms with Gasteiger partial charge in [0, 0.05) is 111 Å². The lowest BCUT2D eigenvalue weighted by molar-refractivity contribution is -0.146. The van der Waals surface area contributed by atoms with E-state index in [9.17, 15) is 37.1 Å². The number of rotatable bonds is 22. The van der Waals surface area contributed by atoms with Crippen LogP contribution in [0.4, 0.5) is 13.2 Å². The molecule has 3 N–H and O–H groups in total. The first-order valence-electron chi connectivity index (χ1n) is 28.6. The van der Waals surface area contributed by atoms with E-state index < -0.39 is 23.1 Å². The number of hydrogen-bond donors (Lipinski definition) is 3. The lowest BCUT2D eigenvalue weighted by Gasteiger charge is -2.41. The van der Waals surface area contributed by atoms with E-state index in [1.54, 1.807) is 35.3 Å². The second kappa shape index (κ2) is 26.4. The Hall–Kier alpha value is -5.76. The van der Waals surface area contributed by atoms with Gasteiger partial charge in [-0.05, 0) is 140 Å². The Labute approximate surface area is 476 Å². The second-order valence-corrected chi connectivity index (χ2v) is 23.7. The van der Waals surface area contributed by atoms with Crippen LogP contribution in [-0.4, -0.2) is 126 Å². The highest BCUT2D eigenvalue weighted by Crippen LogP contribution is 2.51. The fourth-order valence-electron chi connectivity index (χ4n) is 13.2.